The van der Waals surface area contributed by atoms with Gasteiger partial charge in [0.05, 0.1) is 16.4 Å². The summed E-state index contributed by atoms with van der Waals surface area (Å²) in [7, 11) is 0. The molecule has 0 radical (unpaired) electrons. The van der Waals surface area contributed by atoms with Crippen molar-refractivity contribution >= 4 is 52.9 Å². The standard InChI is InChI=1S/C20H13Cl2FN2OS/c21-14-3-6-19(17(22)8-14)25-20-13(7-12-1-4-15(23)5-2-12)10-27-11-16(20)18(9-26)24-25/h1-9H,10-11H2/b13-7+. The predicted molar refractivity (Wildman–Crippen MR) is 109 cm³/mol. The molecule has 0 aliphatic carbocycles. The number of aromatic nitrogens is 2. The number of nitrogens with zero attached hydrogens (tertiary/aromatic N) is 2. The first-order valence-electron chi connectivity index (χ1n) is 8.13. The number of carbonyl (C=O) groups excluding carboxylic acids is 1. The van der Waals surface area contributed by atoms with Crippen LogP contribution in [-0.2, 0) is 5.75 Å². The van der Waals surface area contributed by atoms with Crippen molar-refractivity contribution in [1.29, 1.82) is 0 Å². The topological polar surface area (TPSA) is 34.9 Å². The summed E-state index contributed by atoms with van der Waals surface area (Å²) in [6, 6.07) is 11.5. The Hall–Kier alpha value is -2.08. The van der Waals surface area contributed by atoms with Gasteiger partial charge in [-0.2, -0.15) is 16.9 Å². The molecule has 1 aliphatic rings. The monoisotopic (exact) mass is 418 g/mol. The minimum atomic E-state index is -0.280. The van der Waals surface area contributed by atoms with Crippen molar-refractivity contribution in [1.82, 2.24) is 9.78 Å². The van der Waals surface area contributed by atoms with Crippen LogP contribution >= 0.6 is 35.0 Å². The Morgan fingerprint density at radius 3 is 2.59 bits per heavy atom. The summed E-state index contributed by atoms with van der Waals surface area (Å²) in [5.41, 5.74) is 4.66. The van der Waals surface area contributed by atoms with E-state index >= 15 is 0 Å². The predicted octanol–water partition coefficient (Wildman–Crippen LogP) is 5.92. The number of hydrogen-bond acceptors (Lipinski definition) is 3. The second-order valence-corrected chi connectivity index (χ2v) is 7.88. The SMILES string of the molecule is O=Cc1nn(-c2ccc(Cl)cc2Cl)c2c1CSC/C2=C\c1ccc(F)cc1. The van der Waals surface area contributed by atoms with E-state index in [1.54, 1.807) is 46.8 Å². The molecule has 0 saturated carbocycles. The lowest BCUT2D eigenvalue weighted by Gasteiger charge is -2.18. The summed E-state index contributed by atoms with van der Waals surface area (Å²) in [5.74, 6) is 1.16. The van der Waals surface area contributed by atoms with Gasteiger partial charge in [-0.05, 0) is 47.5 Å². The number of thioether (sulfide) groups is 1. The number of hydrogen-bond donors (Lipinski definition) is 0. The molecule has 1 aliphatic heterocycles. The van der Waals surface area contributed by atoms with Gasteiger partial charge in [0, 0.05) is 22.1 Å². The van der Waals surface area contributed by atoms with Crippen LogP contribution in [0.4, 0.5) is 4.39 Å². The van der Waals surface area contributed by atoms with E-state index in [1.165, 1.54) is 12.1 Å². The Bertz CT molecular complexity index is 1060. The van der Waals surface area contributed by atoms with Gasteiger partial charge < -0.3 is 0 Å². The Kier molecular flexibility index (Phi) is 5.08. The first-order chi connectivity index (χ1) is 13.1. The maximum atomic E-state index is 13.2. The molecule has 4 rings (SSSR count). The van der Waals surface area contributed by atoms with Crippen molar-refractivity contribution in [3.8, 4) is 5.69 Å². The van der Waals surface area contributed by atoms with Crippen LogP contribution in [0.5, 0.6) is 0 Å². The summed E-state index contributed by atoms with van der Waals surface area (Å²) in [4.78, 5) is 11.6. The summed E-state index contributed by atoms with van der Waals surface area (Å²) >= 11 is 14.1. The number of fused-ring (bicyclic) bond motifs is 1. The van der Waals surface area contributed by atoms with E-state index < -0.39 is 0 Å². The van der Waals surface area contributed by atoms with Crippen molar-refractivity contribution in [2.45, 2.75) is 5.75 Å². The smallest absolute Gasteiger partial charge is 0.170 e. The maximum Gasteiger partial charge on any atom is 0.170 e. The molecule has 3 nitrogen and oxygen atoms in total. The van der Waals surface area contributed by atoms with Gasteiger partial charge in [-0.15, -0.1) is 0 Å². The molecule has 0 amide bonds. The van der Waals surface area contributed by atoms with Crippen LogP contribution in [0, 0.1) is 5.82 Å². The van der Waals surface area contributed by atoms with Gasteiger partial charge in [0.1, 0.15) is 11.5 Å². The fraction of sp³-hybridized carbons (Fsp3) is 0.100. The fourth-order valence-corrected chi connectivity index (χ4v) is 4.58. The van der Waals surface area contributed by atoms with E-state index in [2.05, 4.69) is 5.10 Å². The highest BCUT2D eigenvalue weighted by Gasteiger charge is 2.26. The van der Waals surface area contributed by atoms with Gasteiger partial charge in [0.2, 0.25) is 0 Å². The number of rotatable bonds is 3. The number of carbonyl (C=O) groups is 1. The van der Waals surface area contributed by atoms with Crippen LogP contribution in [0.15, 0.2) is 42.5 Å². The maximum absolute atomic E-state index is 13.2. The molecule has 0 fully saturated rings. The number of aldehydes is 1. The zero-order valence-corrected chi connectivity index (χ0v) is 16.3. The molecular weight excluding hydrogens is 406 g/mol. The zero-order valence-electron chi connectivity index (χ0n) is 14.0. The highest BCUT2D eigenvalue weighted by molar-refractivity contribution is 7.99. The third kappa shape index (κ3) is 3.55. The first kappa shape index (κ1) is 18.3. The molecule has 0 saturated heterocycles. The van der Waals surface area contributed by atoms with Crippen LogP contribution < -0.4 is 0 Å². The largest absolute Gasteiger partial charge is 0.296 e. The third-order valence-corrected chi connectivity index (χ3v) is 5.83. The molecule has 7 heteroatoms. The average Bonchev–Trinajstić information content (AvgIpc) is 3.03. The van der Waals surface area contributed by atoms with Crippen molar-refractivity contribution in [3.63, 3.8) is 0 Å². The van der Waals surface area contributed by atoms with Crippen molar-refractivity contribution in [3.05, 3.63) is 80.8 Å². The lowest BCUT2D eigenvalue weighted by atomic mass is 10.0. The van der Waals surface area contributed by atoms with Gasteiger partial charge in [-0.3, -0.25) is 4.79 Å². The molecule has 0 N–H and O–H groups in total. The molecule has 27 heavy (non-hydrogen) atoms. The van der Waals surface area contributed by atoms with E-state index in [1.807, 2.05) is 6.08 Å². The summed E-state index contributed by atoms with van der Waals surface area (Å²) in [5, 5.41) is 5.46. The van der Waals surface area contributed by atoms with Crippen LogP contribution in [0.1, 0.15) is 27.3 Å². The highest BCUT2D eigenvalue weighted by Crippen LogP contribution is 2.38. The number of halogens is 3. The Morgan fingerprint density at radius 1 is 1.11 bits per heavy atom. The zero-order chi connectivity index (χ0) is 19.0. The number of benzene rings is 2. The van der Waals surface area contributed by atoms with Crippen molar-refractivity contribution in [2.75, 3.05) is 5.75 Å². The lowest BCUT2D eigenvalue weighted by Crippen LogP contribution is -2.08. The van der Waals surface area contributed by atoms with Gasteiger partial charge in [0.25, 0.3) is 0 Å². The highest BCUT2D eigenvalue weighted by atomic mass is 35.5. The minimum absolute atomic E-state index is 0.280. The van der Waals surface area contributed by atoms with Gasteiger partial charge in [-0.25, -0.2) is 9.07 Å². The normalized spacial score (nSPS) is 15.0. The second kappa shape index (κ2) is 7.50. The molecule has 136 valence electrons. The Balaban J connectivity index is 1.91. The molecule has 1 aromatic heterocycles. The molecule has 0 spiro atoms. The fourth-order valence-electron chi connectivity index (χ4n) is 3.06. The lowest BCUT2D eigenvalue weighted by molar-refractivity contribution is 0.111. The average molecular weight is 419 g/mol. The molecule has 2 aromatic carbocycles. The quantitative estimate of drug-likeness (QED) is 0.495. The molecule has 3 aromatic rings. The van der Waals surface area contributed by atoms with Crippen molar-refractivity contribution in [2.24, 2.45) is 0 Å². The Labute approximate surface area is 169 Å². The molecule has 0 unspecified atom stereocenters. The van der Waals surface area contributed by atoms with E-state index in [0.717, 1.165) is 34.4 Å². The van der Waals surface area contributed by atoms with E-state index in [-0.39, 0.29) is 5.82 Å². The second-order valence-electron chi connectivity index (χ2n) is 6.05. The molecule has 0 atom stereocenters. The van der Waals surface area contributed by atoms with E-state index in [9.17, 15) is 9.18 Å². The Morgan fingerprint density at radius 2 is 1.89 bits per heavy atom. The first-order valence-corrected chi connectivity index (χ1v) is 10.0. The van der Waals surface area contributed by atoms with Crippen LogP contribution in [-0.4, -0.2) is 21.8 Å². The van der Waals surface area contributed by atoms with Gasteiger partial charge in [0.15, 0.2) is 6.29 Å². The molecular formula is C20H13Cl2FN2OS. The van der Waals surface area contributed by atoms with Gasteiger partial charge >= 0.3 is 0 Å². The third-order valence-electron chi connectivity index (χ3n) is 4.28. The summed E-state index contributed by atoms with van der Waals surface area (Å²) < 4.78 is 14.9. The van der Waals surface area contributed by atoms with Crippen molar-refractivity contribution < 1.29 is 9.18 Å². The van der Waals surface area contributed by atoms with Crippen LogP contribution in [0.3, 0.4) is 0 Å². The molecule has 2 heterocycles. The van der Waals surface area contributed by atoms with Crippen LogP contribution in [0.2, 0.25) is 10.0 Å². The summed E-state index contributed by atoms with van der Waals surface area (Å²) in [6.45, 7) is 0. The molecule has 0 bridgehead atoms. The minimum Gasteiger partial charge on any atom is -0.296 e. The van der Waals surface area contributed by atoms with Gasteiger partial charge in [-0.1, -0.05) is 35.3 Å². The van der Waals surface area contributed by atoms with E-state index in [0.29, 0.717) is 27.2 Å². The summed E-state index contributed by atoms with van der Waals surface area (Å²) in [6.07, 6.45) is 2.75. The van der Waals surface area contributed by atoms with E-state index in [4.69, 9.17) is 23.2 Å². The van der Waals surface area contributed by atoms with Crippen LogP contribution in [0.25, 0.3) is 17.3 Å².